The highest BCUT2D eigenvalue weighted by Crippen LogP contribution is 2.16. The van der Waals surface area contributed by atoms with Crippen LogP contribution in [0.25, 0.3) is 0 Å². The SMILES string of the molecule is CCCN(CCC)C(=O)C(=O)N1CCCC(C)C1. The molecule has 1 unspecified atom stereocenters. The monoisotopic (exact) mass is 254 g/mol. The summed E-state index contributed by atoms with van der Waals surface area (Å²) in [5.41, 5.74) is 0. The van der Waals surface area contributed by atoms with Gasteiger partial charge in [-0.2, -0.15) is 0 Å². The van der Waals surface area contributed by atoms with Crippen LogP contribution in [0.3, 0.4) is 0 Å². The van der Waals surface area contributed by atoms with Gasteiger partial charge in [0.1, 0.15) is 0 Å². The molecule has 0 aliphatic carbocycles. The van der Waals surface area contributed by atoms with Crippen LogP contribution in [0.2, 0.25) is 0 Å². The van der Waals surface area contributed by atoms with E-state index in [9.17, 15) is 9.59 Å². The Balaban J connectivity index is 2.59. The number of piperidine rings is 1. The molecule has 1 aliphatic rings. The highest BCUT2D eigenvalue weighted by atomic mass is 16.2. The fourth-order valence-electron chi connectivity index (χ4n) is 2.50. The average Bonchev–Trinajstić information content (AvgIpc) is 2.37. The van der Waals surface area contributed by atoms with Crippen molar-refractivity contribution in [2.45, 2.75) is 46.5 Å². The summed E-state index contributed by atoms with van der Waals surface area (Å²) in [5.74, 6) is -0.0995. The van der Waals surface area contributed by atoms with Gasteiger partial charge in [0.2, 0.25) is 0 Å². The number of amides is 2. The lowest BCUT2D eigenvalue weighted by atomic mass is 10.0. The molecular weight excluding hydrogens is 228 g/mol. The standard InChI is InChI=1S/C14H26N2O2/c1-4-8-15(9-5-2)13(17)14(18)16-10-6-7-12(3)11-16/h12H,4-11H2,1-3H3. The second-order valence-electron chi connectivity index (χ2n) is 5.29. The number of rotatable bonds is 4. The molecule has 0 bridgehead atoms. The molecule has 1 fully saturated rings. The Morgan fingerprint density at radius 1 is 1.22 bits per heavy atom. The average molecular weight is 254 g/mol. The fourth-order valence-corrected chi connectivity index (χ4v) is 2.50. The lowest BCUT2D eigenvalue weighted by Gasteiger charge is -2.32. The van der Waals surface area contributed by atoms with Gasteiger partial charge >= 0.3 is 11.8 Å². The topological polar surface area (TPSA) is 40.6 Å². The third-order valence-electron chi connectivity index (χ3n) is 3.40. The molecule has 0 aromatic carbocycles. The lowest BCUT2D eigenvalue weighted by molar-refractivity contribution is -0.152. The summed E-state index contributed by atoms with van der Waals surface area (Å²) in [5, 5.41) is 0. The predicted octanol–water partition coefficient (Wildman–Crippen LogP) is 1.89. The molecule has 104 valence electrons. The smallest absolute Gasteiger partial charge is 0.312 e. The van der Waals surface area contributed by atoms with Gasteiger partial charge in [0.15, 0.2) is 0 Å². The van der Waals surface area contributed by atoms with Crippen molar-refractivity contribution >= 4 is 11.8 Å². The number of likely N-dealkylation sites (tertiary alicyclic amines) is 1. The highest BCUT2D eigenvalue weighted by Gasteiger charge is 2.28. The van der Waals surface area contributed by atoms with Crippen LogP contribution in [0.4, 0.5) is 0 Å². The number of hydrogen-bond donors (Lipinski definition) is 0. The van der Waals surface area contributed by atoms with E-state index >= 15 is 0 Å². The molecule has 1 rings (SSSR count). The van der Waals surface area contributed by atoms with Gasteiger partial charge in [0, 0.05) is 26.2 Å². The van der Waals surface area contributed by atoms with Crippen molar-refractivity contribution in [1.82, 2.24) is 9.80 Å². The first-order chi connectivity index (χ1) is 8.60. The highest BCUT2D eigenvalue weighted by molar-refractivity contribution is 6.34. The van der Waals surface area contributed by atoms with E-state index in [4.69, 9.17) is 0 Å². The first-order valence-electron chi connectivity index (χ1n) is 7.18. The van der Waals surface area contributed by atoms with E-state index in [0.717, 1.165) is 38.8 Å². The summed E-state index contributed by atoms with van der Waals surface area (Å²) < 4.78 is 0. The Morgan fingerprint density at radius 2 is 1.83 bits per heavy atom. The maximum atomic E-state index is 12.2. The first kappa shape index (κ1) is 15.0. The van der Waals surface area contributed by atoms with Crippen molar-refractivity contribution in [2.75, 3.05) is 26.2 Å². The molecule has 0 N–H and O–H groups in total. The molecule has 4 heteroatoms. The molecule has 0 saturated carbocycles. The summed E-state index contributed by atoms with van der Waals surface area (Å²) in [6, 6.07) is 0. The fraction of sp³-hybridized carbons (Fsp3) is 0.857. The number of carbonyl (C=O) groups is 2. The minimum absolute atomic E-state index is 0.302. The Hall–Kier alpha value is -1.06. The van der Waals surface area contributed by atoms with Crippen LogP contribution in [0, 0.1) is 5.92 Å². The van der Waals surface area contributed by atoms with E-state index < -0.39 is 0 Å². The minimum Gasteiger partial charge on any atom is -0.334 e. The van der Waals surface area contributed by atoms with Crippen molar-refractivity contribution in [1.29, 1.82) is 0 Å². The molecule has 2 amide bonds. The van der Waals surface area contributed by atoms with E-state index in [1.807, 2.05) is 13.8 Å². The van der Waals surface area contributed by atoms with Gasteiger partial charge in [0.25, 0.3) is 0 Å². The molecule has 1 heterocycles. The molecular formula is C14H26N2O2. The number of carbonyl (C=O) groups excluding carboxylic acids is 2. The second-order valence-corrected chi connectivity index (χ2v) is 5.29. The molecule has 0 spiro atoms. The molecule has 1 atom stereocenters. The molecule has 0 radical (unpaired) electrons. The summed E-state index contributed by atoms with van der Waals surface area (Å²) in [4.78, 5) is 27.8. The van der Waals surface area contributed by atoms with Gasteiger partial charge < -0.3 is 9.80 Å². The summed E-state index contributed by atoms with van der Waals surface area (Å²) >= 11 is 0. The van der Waals surface area contributed by atoms with Crippen LogP contribution in [-0.4, -0.2) is 47.8 Å². The van der Waals surface area contributed by atoms with Crippen LogP contribution >= 0.6 is 0 Å². The molecule has 4 nitrogen and oxygen atoms in total. The molecule has 18 heavy (non-hydrogen) atoms. The lowest BCUT2D eigenvalue weighted by Crippen LogP contribution is -2.48. The largest absolute Gasteiger partial charge is 0.334 e. The van der Waals surface area contributed by atoms with Crippen LogP contribution < -0.4 is 0 Å². The van der Waals surface area contributed by atoms with Crippen LogP contribution in [0.1, 0.15) is 46.5 Å². The zero-order valence-electron chi connectivity index (χ0n) is 11.9. The van der Waals surface area contributed by atoms with Crippen molar-refractivity contribution in [3.63, 3.8) is 0 Å². The Bertz CT molecular complexity index is 271. The zero-order chi connectivity index (χ0) is 13.5. The van der Waals surface area contributed by atoms with E-state index in [0.29, 0.717) is 19.0 Å². The van der Waals surface area contributed by atoms with E-state index in [2.05, 4.69) is 6.92 Å². The molecule has 0 aromatic rings. The van der Waals surface area contributed by atoms with Gasteiger partial charge in [-0.25, -0.2) is 0 Å². The maximum Gasteiger partial charge on any atom is 0.312 e. The quantitative estimate of drug-likeness (QED) is 0.719. The maximum absolute atomic E-state index is 12.2. The Labute approximate surface area is 110 Å². The minimum atomic E-state index is -0.312. The molecule has 1 saturated heterocycles. The molecule has 0 aromatic heterocycles. The predicted molar refractivity (Wildman–Crippen MR) is 72.1 cm³/mol. The number of hydrogen-bond acceptors (Lipinski definition) is 2. The normalized spacial score (nSPS) is 19.7. The van der Waals surface area contributed by atoms with Crippen molar-refractivity contribution < 1.29 is 9.59 Å². The summed E-state index contributed by atoms with van der Waals surface area (Å²) in [7, 11) is 0. The van der Waals surface area contributed by atoms with Crippen LogP contribution in [0.5, 0.6) is 0 Å². The van der Waals surface area contributed by atoms with Gasteiger partial charge in [-0.05, 0) is 31.6 Å². The van der Waals surface area contributed by atoms with Crippen LogP contribution in [0.15, 0.2) is 0 Å². The van der Waals surface area contributed by atoms with Gasteiger partial charge in [0.05, 0.1) is 0 Å². The van der Waals surface area contributed by atoms with Crippen LogP contribution in [-0.2, 0) is 9.59 Å². The van der Waals surface area contributed by atoms with Crippen molar-refractivity contribution in [2.24, 2.45) is 5.92 Å². The van der Waals surface area contributed by atoms with E-state index in [1.165, 1.54) is 0 Å². The van der Waals surface area contributed by atoms with E-state index in [1.54, 1.807) is 9.80 Å². The molecule has 1 aliphatic heterocycles. The zero-order valence-corrected chi connectivity index (χ0v) is 11.9. The van der Waals surface area contributed by atoms with Crippen molar-refractivity contribution in [3.8, 4) is 0 Å². The van der Waals surface area contributed by atoms with Crippen molar-refractivity contribution in [3.05, 3.63) is 0 Å². The van der Waals surface area contributed by atoms with Gasteiger partial charge in [-0.15, -0.1) is 0 Å². The number of nitrogens with zero attached hydrogens (tertiary/aromatic N) is 2. The summed E-state index contributed by atoms with van der Waals surface area (Å²) in [6.45, 7) is 9.04. The van der Waals surface area contributed by atoms with Gasteiger partial charge in [-0.1, -0.05) is 20.8 Å². The first-order valence-corrected chi connectivity index (χ1v) is 7.18. The summed E-state index contributed by atoms with van der Waals surface area (Å²) in [6.07, 6.45) is 3.97. The third kappa shape index (κ3) is 4.00. The van der Waals surface area contributed by atoms with E-state index in [-0.39, 0.29) is 11.8 Å². The Kier molecular flexibility index (Phi) is 6.16. The Morgan fingerprint density at radius 3 is 2.33 bits per heavy atom. The second kappa shape index (κ2) is 7.39. The van der Waals surface area contributed by atoms with Gasteiger partial charge in [-0.3, -0.25) is 9.59 Å². The third-order valence-corrected chi connectivity index (χ3v) is 3.40.